The average Bonchev–Trinajstić information content (AvgIpc) is 3.50. The number of ether oxygens (including phenoxy) is 1. The van der Waals surface area contributed by atoms with Crippen LogP contribution in [0.15, 0.2) is 18.2 Å². The molecule has 3 fully saturated rings. The lowest BCUT2D eigenvalue weighted by Gasteiger charge is -2.36. The van der Waals surface area contributed by atoms with Crippen molar-refractivity contribution in [1.29, 1.82) is 0 Å². The Hall–Kier alpha value is -2.52. The van der Waals surface area contributed by atoms with Gasteiger partial charge in [-0.2, -0.15) is 0 Å². The highest BCUT2D eigenvalue weighted by Gasteiger charge is 2.41. The summed E-state index contributed by atoms with van der Waals surface area (Å²) in [5, 5.41) is 5.62. The maximum Gasteiger partial charge on any atom is 0.253 e. The minimum atomic E-state index is -1.23. The Morgan fingerprint density at radius 1 is 1.20 bits per heavy atom. The summed E-state index contributed by atoms with van der Waals surface area (Å²) < 4.78 is 19.7. The van der Waals surface area contributed by atoms with Crippen LogP contribution in [0.2, 0.25) is 0 Å². The minimum Gasteiger partial charge on any atom is -0.370 e. The topological polar surface area (TPSA) is 114 Å². The van der Waals surface area contributed by atoms with Crippen LogP contribution in [0.4, 0.5) is 15.8 Å². The summed E-state index contributed by atoms with van der Waals surface area (Å²) in [7, 11) is 0. The van der Waals surface area contributed by atoms with Gasteiger partial charge in [-0.3, -0.25) is 19.7 Å². The van der Waals surface area contributed by atoms with Gasteiger partial charge in [0.05, 0.1) is 12.3 Å². The molecule has 2 aliphatic carbocycles. The molecular formula is C21H27FN4O4. The molecule has 1 aromatic rings. The summed E-state index contributed by atoms with van der Waals surface area (Å²) in [6.45, 7) is 0.664. The Morgan fingerprint density at radius 2 is 1.93 bits per heavy atom. The smallest absolute Gasteiger partial charge is 0.253 e. The maximum absolute atomic E-state index is 14.6. The predicted octanol–water partition coefficient (Wildman–Crippen LogP) is 1.15. The minimum absolute atomic E-state index is 0.0464. The number of nitrogens with zero attached hydrogens (tertiary/aromatic N) is 1. The zero-order valence-electron chi connectivity index (χ0n) is 16.7. The van der Waals surface area contributed by atoms with E-state index in [1.54, 1.807) is 6.07 Å². The number of anilines is 2. The standard InChI is InChI=1S/C21H27FN4O4/c22-15-10-14(26-8-9-30-11-17(26)27)6-7-16(15)24-21(29)19(20(23)28)25-18(13-4-5-13)12-2-1-3-12/h6-7,10,12-13,18-19,25H,1-5,8-9,11H2,(H2,23,28)(H,24,29)/t18?,19-/m1/s1. The van der Waals surface area contributed by atoms with Crippen molar-refractivity contribution in [1.82, 2.24) is 5.32 Å². The monoisotopic (exact) mass is 418 g/mol. The number of rotatable bonds is 8. The first-order chi connectivity index (χ1) is 14.4. The number of benzene rings is 1. The Bertz CT molecular complexity index is 840. The second-order valence-corrected chi connectivity index (χ2v) is 8.31. The van der Waals surface area contributed by atoms with Crippen molar-refractivity contribution in [3.05, 3.63) is 24.0 Å². The number of hydrogen-bond donors (Lipinski definition) is 3. The third kappa shape index (κ3) is 4.46. The third-order valence-electron chi connectivity index (χ3n) is 6.20. The number of amides is 3. The molecule has 9 heteroatoms. The molecule has 0 radical (unpaired) electrons. The largest absolute Gasteiger partial charge is 0.370 e. The van der Waals surface area contributed by atoms with E-state index in [1.165, 1.54) is 17.0 Å². The lowest BCUT2D eigenvalue weighted by molar-refractivity contribution is -0.128. The van der Waals surface area contributed by atoms with Gasteiger partial charge in [0.25, 0.3) is 11.8 Å². The van der Waals surface area contributed by atoms with E-state index in [2.05, 4.69) is 10.6 Å². The van der Waals surface area contributed by atoms with Crippen LogP contribution in [0.5, 0.6) is 0 Å². The normalized spacial score (nSPS) is 21.6. The molecule has 4 N–H and O–H groups in total. The molecule has 1 aliphatic heterocycles. The van der Waals surface area contributed by atoms with Crippen molar-refractivity contribution < 1.29 is 23.5 Å². The van der Waals surface area contributed by atoms with Crippen LogP contribution in [-0.2, 0) is 19.1 Å². The van der Waals surface area contributed by atoms with Gasteiger partial charge in [0, 0.05) is 18.3 Å². The fourth-order valence-corrected chi connectivity index (χ4v) is 4.16. The van der Waals surface area contributed by atoms with Crippen molar-refractivity contribution in [2.75, 3.05) is 30.0 Å². The zero-order valence-corrected chi connectivity index (χ0v) is 16.7. The van der Waals surface area contributed by atoms with Gasteiger partial charge in [0.1, 0.15) is 12.4 Å². The molecule has 1 aromatic carbocycles. The number of halogens is 1. The summed E-state index contributed by atoms with van der Waals surface area (Å²) in [6, 6.07) is 2.98. The molecule has 1 unspecified atom stereocenters. The average molecular weight is 418 g/mol. The fraction of sp³-hybridized carbons (Fsp3) is 0.571. The molecular weight excluding hydrogens is 391 g/mol. The summed E-state index contributed by atoms with van der Waals surface area (Å²) in [6.07, 6.45) is 5.48. The van der Waals surface area contributed by atoms with Crippen molar-refractivity contribution in [3.8, 4) is 0 Å². The summed E-state index contributed by atoms with van der Waals surface area (Å²) in [5.41, 5.74) is 5.81. The molecule has 30 heavy (non-hydrogen) atoms. The Kier molecular flexibility index (Phi) is 6.01. The van der Waals surface area contributed by atoms with Gasteiger partial charge >= 0.3 is 0 Å². The number of hydrogen-bond acceptors (Lipinski definition) is 5. The Labute approximate surface area is 174 Å². The third-order valence-corrected chi connectivity index (χ3v) is 6.20. The molecule has 1 heterocycles. The van der Waals surface area contributed by atoms with E-state index < -0.39 is 23.7 Å². The second kappa shape index (κ2) is 8.69. The van der Waals surface area contributed by atoms with Gasteiger partial charge in [-0.05, 0) is 55.7 Å². The Balaban J connectivity index is 1.44. The van der Waals surface area contributed by atoms with Gasteiger partial charge in [0.15, 0.2) is 6.04 Å². The van der Waals surface area contributed by atoms with Crippen LogP contribution in [0.25, 0.3) is 0 Å². The first-order valence-corrected chi connectivity index (χ1v) is 10.5. The first-order valence-electron chi connectivity index (χ1n) is 10.5. The number of nitrogens with two attached hydrogens (primary N) is 1. The van der Waals surface area contributed by atoms with E-state index in [-0.39, 0.29) is 24.2 Å². The van der Waals surface area contributed by atoms with Crippen molar-refractivity contribution in [2.45, 2.75) is 44.2 Å². The molecule has 2 atom stereocenters. The molecule has 3 amide bonds. The van der Waals surface area contributed by atoms with Crippen LogP contribution in [-0.4, -0.2) is 49.6 Å². The number of nitrogens with one attached hydrogen (secondary N) is 2. The van der Waals surface area contributed by atoms with Crippen LogP contribution >= 0.6 is 0 Å². The predicted molar refractivity (Wildman–Crippen MR) is 108 cm³/mol. The highest BCUT2D eigenvalue weighted by atomic mass is 19.1. The summed E-state index contributed by atoms with van der Waals surface area (Å²) in [5.74, 6) is -1.49. The van der Waals surface area contributed by atoms with Gasteiger partial charge in [-0.1, -0.05) is 6.42 Å². The molecule has 2 saturated carbocycles. The van der Waals surface area contributed by atoms with Crippen molar-refractivity contribution >= 4 is 29.1 Å². The van der Waals surface area contributed by atoms with E-state index in [4.69, 9.17) is 10.5 Å². The lowest BCUT2D eigenvalue weighted by atomic mass is 9.77. The van der Waals surface area contributed by atoms with Crippen LogP contribution in [0, 0.1) is 17.7 Å². The molecule has 4 rings (SSSR count). The Morgan fingerprint density at radius 3 is 2.50 bits per heavy atom. The lowest BCUT2D eigenvalue weighted by Crippen LogP contribution is -2.56. The van der Waals surface area contributed by atoms with Crippen molar-refractivity contribution in [2.24, 2.45) is 17.6 Å². The molecule has 8 nitrogen and oxygen atoms in total. The van der Waals surface area contributed by atoms with Gasteiger partial charge < -0.3 is 20.7 Å². The maximum atomic E-state index is 14.6. The number of carbonyl (C=O) groups excluding carboxylic acids is 3. The molecule has 162 valence electrons. The van der Waals surface area contributed by atoms with Crippen LogP contribution in [0.3, 0.4) is 0 Å². The molecule has 3 aliphatic rings. The van der Waals surface area contributed by atoms with Crippen LogP contribution in [0.1, 0.15) is 32.1 Å². The molecule has 1 saturated heterocycles. The van der Waals surface area contributed by atoms with Crippen LogP contribution < -0.4 is 21.3 Å². The van der Waals surface area contributed by atoms with E-state index in [0.717, 1.165) is 32.1 Å². The van der Waals surface area contributed by atoms with Gasteiger partial charge in [-0.25, -0.2) is 4.39 Å². The van der Waals surface area contributed by atoms with E-state index in [1.807, 2.05) is 0 Å². The highest BCUT2D eigenvalue weighted by Crippen LogP contribution is 2.42. The number of morpholine rings is 1. The molecule has 0 aromatic heterocycles. The summed E-state index contributed by atoms with van der Waals surface area (Å²) >= 11 is 0. The molecule has 0 bridgehead atoms. The first kappa shape index (κ1) is 20.7. The number of primary amides is 1. The summed E-state index contributed by atoms with van der Waals surface area (Å²) in [4.78, 5) is 38.1. The van der Waals surface area contributed by atoms with E-state index >= 15 is 0 Å². The van der Waals surface area contributed by atoms with E-state index in [0.29, 0.717) is 30.7 Å². The number of carbonyl (C=O) groups is 3. The molecule has 0 spiro atoms. The SMILES string of the molecule is NC(=O)[C@@H](NC(C1CCC1)C1CC1)C(=O)Nc1ccc(N2CCOCC2=O)cc1F. The van der Waals surface area contributed by atoms with E-state index in [9.17, 15) is 18.8 Å². The fourth-order valence-electron chi connectivity index (χ4n) is 4.16. The zero-order chi connectivity index (χ0) is 21.3. The van der Waals surface area contributed by atoms with Gasteiger partial charge in [0.2, 0.25) is 5.91 Å². The highest BCUT2D eigenvalue weighted by molar-refractivity contribution is 6.09. The van der Waals surface area contributed by atoms with Gasteiger partial charge in [-0.15, -0.1) is 0 Å². The quantitative estimate of drug-likeness (QED) is 0.548. The van der Waals surface area contributed by atoms with Crippen molar-refractivity contribution in [3.63, 3.8) is 0 Å². The second-order valence-electron chi connectivity index (χ2n) is 8.31.